The number of halogens is 1. The monoisotopic (exact) mass is 333 g/mol. The molecule has 2 N–H and O–H groups in total. The summed E-state index contributed by atoms with van der Waals surface area (Å²) in [5, 5.41) is 6.47. The maximum absolute atomic E-state index is 12.9. The van der Waals surface area contributed by atoms with Crippen LogP contribution in [0.2, 0.25) is 0 Å². The average Bonchev–Trinajstić information content (AvgIpc) is 3.00. The maximum atomic E-state index is 12.9. The molecule has 5 nitrogen and oxygen atoms in total. The Balaban J connectivity index is 1.81. The molecule has 0 fully saturated rings. The van der Waals surface area contributed by atoms with E-state index in [1.807, 2.05) is 32.9 Å². The van der Waals surface area contributed by atoms with Gasteiger partial charge in [0.15, 0.2) is 5.96 Å². The van der Waals surface area contributed by atoms with E-state index in [1.54, 1.807) is 19.2 Å². The lowest BCUT2D eigenvalue weighted by Gasteiger charge is -2.19. The van der Waals surface area contributed by atoms with Gasteiger partial charge in [0.25, 0.3) is 0 Å². The van der Waals surface area contributed by atoms with Crippen LogP contribution in [0, 0.1) is 12.7 Å². The molecule has 0 saturated carbocycles. The van der Waals surface area contributed by atoms with Crippen molar-refractivity contribution < 1.29 is 13.5 Å². The third-order valence-electron chi connectivity index (χ3n) is 3.47. The van der Waals surface area contributed by atoms with Crippen molar-refractivity contribution in [1.29, 1.82) is 0 Å². The van der Waals surface area contributed by atoms with Crippen LogP contribution in [0.1, 0.15) is 31.4 Å². The van der Waals surface area contributed by atoms with Crippen molar-refractivity contribution in [3.8, 4) is 5.75 Å². The van der Waals surface area contributed by atoms with Gasteiger partial charge >= 0.3 is 0 Å². The second kappa shape index (κ2) is 8.38. The van der Waals surface area contributed by atoms with E-state index in [9.17, 15) is 4.39 Å². The summed E-state index contributed by atoms with van der Waals surface area (Å²) in [5.74, 6) is 2.74. The molecule has 0 spiro atoms. The van der Waals surface area contributed by atoms with Crippen molar-refractivity contribution in [3.05, 3.63) is 53.7 Å². The van der Waals surface area contributed by atoms with E-state index in [0.29, 0.717) is 18.3 Å². The average molecular weight is 333 g/mol. The molecule has 2 atom stereocenters. The van der Waals surface area contributed by atoms with Crippen LogP contribution in [-0.2, 0) is 0 Å². The number of aryl methyl sites for hydroxylation is 1. The Hall–Kier alpha value is -2.50. The minimum absolute atomic E-state index is 0.00165. The summed E-state index contributed by atoms with van der Waals surface area (Å²) < 4.78 is 24.2. The number of nitrogens with zero attached hydrogens (tertiary/aromatic N) is 1. The lowest BCUT2D eigenvalue weighted by Crippen LogP contribution is -2.42. The van der Waals surface area contributed by atoms with Crippen molar-refractivity contribution in [2.45, 2.75) is 32.9 Å². The Bertz CT molecular complexity index is 667. The first-order valence-corrected chi connectivity index (χ1v) is 7.93. The molecule has 0 amide bonds. The van der Waals surface area contributed by atoms with E-state index in [2.05, 4.69) is 15.6 Å². The number of aliphatic imine (C=N–C) groups is 1. The highest BCUT2D eigenvalue weighted by atomic mass is 19.1. The highest BCUT2D eigenvalue weighted by molar-refractivity contribution is 5.80. The van der Waals surface area contributed by atoms with Crippen LogP contribution in [0.4, 0.5) is 4.39 Å². The van der Waals surface area contributed by atoms with Gasteiger partial charge in [-0.25, -0.2) is 4.39 Å². The normalized spacial score (nSPS) is 14.1. The third kappa shape index (κ3) is 5.30. The van der Waals surface area contributed by atoms with Crippen LogP contribution in [0.25, 0.3) is 0 Å². The molecule has 2 unspecified atom stereocenters. The highest BCUT2D eigenvalue weighted by Crippen LogP contribution is 2.15. The number of hydrogen-bond donors (Lipinski definition) is 2. The van der Waals surface area contributed by atoms with Crippen molar-refractivity contribution in [1.82, 2.24) is 10.6 Å². The largest absolute Gasteiger partial charge is 0.489 e. The molecule has 0 aliphatic heterocycles. The number of nitrogens with one attached hydrogen (secondary N) is 2. The zero-order valence-corrected chi connectivity index (χ0v) is 14.5. The van der Waals surface area contributed by atoms with Gasteiger partial charge < -0.3 is 19.8 Å². The molecule has 1 aromatic heterocycles. The van der Waals surface area contributed by atoms with Crippen molar-refractivity contribution >= 4 is 5.96 Å². The van der Waals surface area contributed by atoms with Crippen molar-refractivity contribution in [2.75, 3.05) is 13.6 Å². The molecule has 2 aromatic rings. The summed E-state index contributed by atoms with van der Waals surface area (Å²) in [5.41, 5.74) is 0. The van der Waals surface area contributed by atoms with Gasteiger partial charge in [0.1, 0.15) is 29.2 Å². The number of rotatable bonds is 6. The van der Waals surface area contributed by atoms with Gasteiger partial charge in [-0.2, -0.15) is 0 Å². The topological polar surface area (TPSA) is 58.8 Å². The molecule has 0 bridgehead atoms. The summed E-state index contributed by atoms with van der Waals surface area (Å²) in [6.07, 6.45) is -0.102. The number of hydrogen-bond acceptors (Lipinski definition) is 3. The third-order valence-corrected chi connectivity index (χ3v) is 3.47. The Kier molecular flexibility index (Phi) is 6.23. The van der Waals surface area contributed by atoms with Gasteiger partial charge in [0.2, 0.25) is 0 Å². The number of ether oxygens (including phenoxy) is 1. The van der Waals surface area contributed by atoms with E-state index in [1.165, 1.54) is 12.1 Å². The summed E-state index contributed by atoms with van der Waals surface area (Å²) in [6.45, 7) is 6.41. The number of benzene rings is 1. The van der Waals surface area contributed by atoms with Gasteiger partial charge in [0, 0.05) is 7.05 Å². The molecule has 0 saturated heterocycles. The standard InChI is InChI=1S/C18H24FN3O2/c1-12-5-10-17(24-12)14(3)22-18(20-4)21-11-13(2)23-16-8-6-15(19)7-9-16/h5-10,13-14H,11H2,1-4H3,(H2,20,21,22). The first-order chi connectivity index (χ1) is 11.5. The molecule has 0 radical (unpaired) electrons. The van der Waals surface area contributed by atoms with Crippen LogP contribution in [0.15, 0.2) is 45.8 Å². The molecular formula is C18H24FN3O2. The molecule has 6 heteroatoms. The van der Waals surface area contributed by atoms with Gasteiger partial charge in [-0.15, -0.1) is 0 Å². The number of furan rings is 1. The first kappa shape index (κ1) is 17.8. The quantitative estimate of drug-likeness (QED) is 0.628. The Labute approximate surface area is 141 Å². The molecule has 1 aromatic carbocycles. The fourth-order valence-corrected chi connectivity index (χ4v) is 2.18. The Morgan fingerprint density at radius 1 is 1.21 bits per heavy atom. The summed E-state index contributed by atoms with van der Waals surface area (Å²) in [4.78, 5) is 4.20. The van der Waals surface area contributed by atoms with Gasteiger partial charge in [-0.05, 0) is 57.2 Å². The lowest BCUT2D eigenvalue weighted by molar-refractivity contribution is 0.223. The number of guanidine groups is 1. The van der Waals surface area contributed by atoms with Gasteiger partial charge in [-0.3, -0.25) is 4.99 Å². The minimum atomic E-state index is -0.278. The van der Waals surface area contributed by atoms with Crippen molar-refractivity contribution in [3.63, 3.8) is 0 Å². The summed E-state index contributed by atoms with van der Waals surface area (Å²) in [7, 11) is 1.71. The van der Waals surface area contributed by atoms with E-state index < -0.39 is 0 Å². The maximum Gasteiger partial charge on any atom is 0.191 e. The van der Waals surface area contributed by atoms with Crippen LogP contribution >= 0.6 is 0 Å². The molecule has 0 aliphatic carbocycles. The fraction of sp³-hybridized carbons (Fsp3) is 0.389. The van der Waals surface area contributed by atoms with Crippen LogP contribution in [0.5, 0.6) is 5.75 Å². The highest BCUT2D eigenvalue weighted by Gasteiger charge is 2.12. The zero-order valence-electron chi connectivity index (χ0n) is 14.5. The first-order valence-electron chi connectivity index (χ1n) is 7.93. The van der Waals surface area contributed by atoms with Crippen LogP contribution in [0.3, 0.4) is 0 Å². The SMILES string of the molecule is CN=C(NCC(C)Oc1ccc(F)cc1)NC(C)c1ccc(C)o1. The molecule has 2 rings (SSSR count). The van der Waals surface area contributed by atoms with Gasteiger partial charge in [0.05, 0.1) is 12.6 Å². The molecule has 1 heterocycles. The molecule has 24 heavy (non-hydrogen) atoms. The van der Waals surface area contributed by atoms with E-state index >= 15 is 0 Å². The predicted octanol–water partition coefficient (Wildman–Crippen LogP) is 3.42. The van der Waals surface area contributed by atoms with Crippen LogP contribution in [-0.4, -0.2) is 25.7 Å². The van der Waals surface area contributed by atoms with Crippen LogP contribution < -0.4 is 15.4 Å². The molecule has 130 valence electrons. The van der Waals surface area contributed by atoms with E-state index in [0.717, 1.165) is 11.5 Å². The fourth-order valence-electron chi connectivity index (χ4n) is 2.18. The minimum Gasteiger partial charge on any atom is -0.489 e. The molecule has 0 aliphatic rings. The zero-order chi connectivity index (χ0) is 17.5. The smallest absolute Gasteiger partial charge is 0.191 e. The lowest BCUT2D eigenvalue weighted by atomic mass is 10.2. The second-order valence-corrected chi connectivity index (χ2v) is 5.65. The predicted molar refractivity (Wildman–Crippen MR) is 92.8 cm³/mol. The van der Waals surface area contributed by atoms with E-state index in [-0.39, 0.29) is 18.0 Å². The van der Waals surface area contributed by atoms with E-state index in [4.69, 9.17) is 9.15 Å². The Morgan fingerprint density at radius 2 is 1.92 bits per heavy atom. The second-order valence-electron chi connectivity index (χ2n) is 5.65. The van der Waals surface area contributed by atoms with Crippen molar-refractivity contribution in [2.24, 2.45) is 4.99 Å². The summed E-state index contributed by atoms with van der Waals surface area (Å²) in [6, 6.07) is 9.85. The molecular weight excluding hydrogens is 309 g/mol. The summed E-state index contributed by atoms with van der Waals surface area (Å²) >= 11 is 0. The van der Waals surface area contributed by atoms with Gasteiger partial charge in [-0.1, -0.05) is 0 Å². The Morgan fingerprint density at radius 3 is 2.50 bits per heavy atom.